The molecule has 1 unspecified atom stereocenters. The van der Waals surface area contributed by atoms with Gasteiger partial charge in [0.25, 0.3) is 0 Å². The zero-order valence-corrected chi connectivity index (χ0v) is 12.1. The number of benzene rings is 1. The van der Waals surface area contributed by atoms with Crippen LogP contribution in [0, 0.1) is 0 Å². The second-order valence-corrected chi connectivity index (χ2v) is 5.08. The van der Waals surface area contributed by atoms with Crippen LogP contribution in [-0.2, 0) is 16.1 Å². The van der Waals surface area contributed by atoms with Gasteiger partial charge in [-0.15, -0.1) is 0 Å². The van der Waals surface area contributed by atoms with Crippen molar-refractivity contribution in [3.63, 3.8) is 0 Å². The van der Waals surface area contributed by atoms with E-state index in [9.17, 15) is 4.79 Å². The number of rotatable bonds is 5. The van der Waals surface area contributed by atoms with E-state index in [1.54, 1.807) is 6.20 Å². The van der Waals surface area contributed by atoms with E-state index in [4.69, 9.17) is 4.74 Å². The number of carbonyl (C=O) groups is 1. The van der Waals surface area contributed by atoms with Crippen molar-refractivity contribution >= 4 is 5.97 Å². The molecular weight excluding hydrogens is 252 g/mol. The first-order valence-corrected chi connectivity index (χ1v) is 6.77. The van der Waals surface area contributed by atoms with Crippen LogP contribution in [0.25, 0.3) is 0 Å². The second kappa shape index (κ2) is 6.37. The number of ether oxygens (including phenoxy) is 1. The van der Waals surface area contributed by atoms with Crippen LogP contribution in [0.15, 0.2) is 42.7 Å². The second-order valence-electron chi connectivity index (χ2n) is 5.08. The maximum Gasteiger partial charge on any atom is 0.314 e. The summed E-state index contributed by atoms with van der Waals surface area (Å²) in [6, 6.07) is 9.71. The molecule has 0 N–H and O–H groups in total. The van der Waals surface area contributed by atoms with E-state index < -0.39 is 0 Å². The summed E-state index contributed by atoms with van der Waals surface area (Å²) in [5.41, 5.74) is 0.961. The van der Waals surface area contributed by atoms with Gasteiger partial charge in [0.1, 0.15) is 5.82 Å². The van der Waals surface area contributed by atoms with Crippen LogP contribution in [0.5, 0.6) is 0 Å². The van der Waals surface area contributed by atoms with E-state index in [0.717, 1.165) is 11.4 Å². The molecule has 20 heavy (non-hydrogen) atoms. The largest absolute Gasteiger partial charge is 0.468 e. The lowest BCUT2D eigenvalue weighted by molar-refractivity contribution is -0.142. The minimum absolute atomic E-state index is 0.223. The van der Waals surface area contributed by atoms with Gasteiger partial charge in [-0.25, -0.2) is 4.98 Å². The molecule has 0 aliphatic rings. The van der Waals surface area contributed by atoms with Gasteiger partial charge in [0.05, 0.1) is 13.0 Å². The fraction of sp³-hybridized carbons (Fsp3) is 0.375. The maximum atomic E-state index is 12.1. The number of hydrogen-bond acceptors (Lipinski definition) is 3. The summed E-state index contributed by atoms with van der Waals surface area (Å²) in [7, 11) is 1.43. The Kier molecular flexibility index (Phi) is 4.56. The van der Waals surface area contributed by atoms with Gasteiger partial charge < -0.3 is 9.30 Å². The highest BCUT2D eigenvalue weighted by Crippen LogP contribution is 2.22. The van der Waals surface area contributed by atoms with Crippen molar-refractivity contribution in [1.82, 2.24) is 9.55 Å². The molecule has 1 aromatic carbocycles. The molecule has 2 aromatic rings. The maximum absolute atomic E-state index is 12.1. The van der Waals surface area contributed by atoms with Gasteiger partial charge in [-0.05, 0) is 5.56 Å². The summed E-state index contributed by atoms with van der Waals surface area (Å²) in [4.78, 5) is 16.4. The van der Waals surface area contributed by atoms with Crippen molar-refractivity contribution in [1.29, 1.82) is 0 Å². The molecule has 4 nitrogen and oxygen atoms in total. The molecule has 0 aliphatic carbocycles. The van der Waals surface area contributed by atoms with Gasteiger partial charge in [-0.3, -0.25) is 4.79 Å². The number of carbonyl (C=O) groups excluding carboxylic acids is 1. The molecule has 0 radical (unpaired) electrons. The topological polar surface area (TPSA) is 44.1 Å². The van der Waals surface area contributed by atoms with Gasteiger partial charge in [0.2, 0.25) is 0 Å². The number of esters is 1. The SMILES string of the molecule is COC(=O)C(Cn1ccnc1C(C)C)c1ccccc1. The summed E-state index contributed by atoms with van der Waals surface area (Å²) in [6.07, 6.45) is 3.68. The molecule has 106 valence electrons. The first kappa shape index (κ1) is 14.3. The van der Waals surface area contributed by atoms with Crippen LogP contribution in [-0.4, -0.2) is 22.6 Å². The lowest BCUT2D eigenvalue weighted by Gasteiger charge is -2.18. The lowest BCUT2D eigenvalue weighted by Crippen LogP contribution is -2.21. The van der Waals surface area contributed by atoms with E-state index in [0.29, 0.717) is 12.5 Å². The number of nitrogens with zero attached hydrogens (tertiary/aromatic N) is 2. The monoisotopic (exact) mass is 272 g/mol. The first-order valence-electron chi connectivity index (χ1n) is 6.77. The highest BCUT2D eigenvalue weighted by Gasteiger charge is 2.23. The Balaban J connectivity index is 2.29. The number of methoxy groups -OCH3 is 1. The molecular formula is C16H20N2O2. The van der Waals surface area contributed by atoms with Crippen molar-refractivity contribution in [3.8, 4) is 0 Å². The third kappa shape index (κ3) is 3.07. The van der Waals surface area contributed by atoms with Crippen LogP contribution in [0.2, 0.25) is 0 Å². The summed E-state index contributed by atoms with van der Waals surface area (Å²) in [5, 5.41) is 0. The molecule has 2 rings (SSSR count). The van der Waals surface area contributed by atoms with Crippen molar-refractivity contribution in [2.45, 2.75) is 32.2 Å². The standard InChI is InChI=1S/C16H20N2O2/c1-12(2)15-17-9-10-18(15)11-14(16(19)20-3)13-7-5-4-6-8-13/h4-10,12,14H,11H2,1-3H3. The molecule has 0 fully saturated rings. The van der Waals surface area contributed by atoms with Gasteiger partial charge in [0.15, 0.2) is 0 Å². The fourth-order valence-corrected chi connectivity index (χ4v) is 2.32. The Bertz CT molecular complexity index is 561. The van der Waals surface area contributed by atoms with Crippen molar-refractivity contribution in [2.24, 2.45) is 0 Å². The van der Waals surface area contributed by atoms with Gasteiger partial charge in [-0.2, -0.15) is 0 Å². The van der Waals surface area contributed by atoms with Crippen molar-refractivity contribution < 1.29 is 9.53 Å². The highest BCUT2D eigenvalue weighted by molar-refractivity contribution is 5.77. The Morgan fingerprint density at radius 1 is 1.30 bits per heavy atom. The molecule has 1 aromatic heterocycles. The van der Waals surface area contributed by atoms with Crippen molar-refractivity contribution in [3.05, 3.63) is 54.1 Å². The molecule has 0 bridgehead atoms. The lowest BCUT2D eigenvalue weighted by atomic mass is 9.99. The first-order chi connectivity index (χ1) is 9.63. The third-order valence-corrected chi connectivity index (χ3v) is 3.33. The average molecular weight is 272 g/mol. The summed E-state index contributed by atoms with van der Waals surface area (Å²) < 4.78 is 6.97. The fourth-order valence-electron chi connectivity index (χ4n) is 2.32. The van der Waals surface area contributed by atoms with Crippen LogP contribution in [0.4, 0.5) is 0 Å². The van der Waals surface area contributed by atoms with E-state index in [1.807, 2.05) is 41.1 Å². The van der Waals surface area contributed by atoms with E-state index in [2.05, 4.69) is 18.8 Å². The van der Waals surface area contributed by atoms with Crippen LogP contribution in [0.3, 0.4) is 0 Å². The number of imidazole rings is 1. The Hall–Kier alpha value is -2.10. The van der Waals surface area contributed by atoms with Gasteiger partial charge in [-0.1, -0.05) is 44.2 Å². The molecule has 1 atom stereocenters. The quantitative estimate of drug-likeness (QED) is 0.786. The average Bonchev–Trinajstić information content (AvgIpc) is 2.93. The zero-order valence-electron chi connectivity index (χ0n) is 12.1. The summed E-state index contributed by atoms with van der Waals surface area (Å²) in [5.74, 6) is 0.765. The minimum atomic E-state index is -0.312. The van der Waals surface area contributed by atoms with Crippen LogP contribution in [0.1, 0.15) is 37.1 Å². The molecule has 0 saturated heterocycles. The Morgan fingerprint density at radius 3 is 2.60 bits per heavy atom. The normalized spacial score (nSPS) is 12.4. The smallest absolute Gasteiger partial charge is 0.314 e. The van der Waals surface area contributed by atoms with E-state index in [1.165, 1.54) is 7.11 Å². The predicted octanol–water partition coefficient (Wildman–Crippen LogP) is 2.96. The van der Waals surface area contributed by atoms with Crippen LogP contribution < -0.4 is 0 Å². The molecule has 0 saturated carbocycles. The summed E-state index contributed by atoms with van der Waals surface area (Å²) in [6.45, 7) is 4.73. The van der Waals surface area contributed by atoms with Gasteiger partial charge >= 0.3 is 5.97 Å². The van der Waals surface area contributed by atoms with E-state index >= 15 is 0 Å². The summed E-state index contributed by atoms with van der Waals surface area (Å²) >= 11 is 0. The Labute approximate surface area is 119 Å². The predicted molar refractivity (Wildman–Crippen MR) is 77.5 cm³/mol. The minimum Gasteiger partial charge on any atom is -0.468 e. The van der Waals surface area contributed by atoms with E-state index in [-0.39, 0.29) is 11.9 Å². The molecule has 0 spiro atoms. The molecule has 4 heteroatoms. The Morgan fingerprint density at radius 2 is 2.00 bits per heavy atom. The number of aromatic nitrogens is 2. The molecule has 1 heterocycles. The zero-order chi connectivity index (χ0) is 14.5. The number of hydrogen-bond donors (Lipinski definition) is 0. The third-order valence-electron chi connectivity index (χ3n) is 3.33. The molecule has 0 aliphatic heterocycles. The van der Waals surface area contributed by atoms with Crippen LogP contribution >= 0.6 is 0 Å². The van der Waals surface area contributed by atoms with Gasteiger partial charge in [0, 0.05) is 24.9 Å². The molecule has 0 amide bonds. The highest BCUT2D eigenvalue weighted by atomic mass is 16.5. The van der Waals surface area contributed by atoms with Crippen molar-refractivity contribution in [2.75, 3.05) is 7.11 Å².